The van der Waals surface area contributed by atoms with Gasteiger partial charge in [0.05, 0.1) is 0 Å². The predicted molar refractivity (Wildman–Crippen MR) is 77.9 cm³/mol. The summed E-state index contributed by atoms with van der Waals surface area (Å²) in [6.07, 6.45) is 5.50. The molecule has 2 nitrogen and oxygen atoms in total. The molecule has 1 aromatic rings. The lowest BCUT2D eigenvalue weighted by atomic mass is 9.97. The van der Waals surface area contributed by atoms with Crippen LogP contribution < -0.4 is 5.73 Å². The van der Waals surface area contributed by atoms with E-state index in [4.69, 9.17) is 5.73 Å². The molecule has 2 rings (SSSR count). The van der Waals surface area contributed by atoms with Crippen molar-refractivity contribution < 1.29 is 0 Å². The first-order chi connectivity index (χ1) is 8.79. The molecule has 0 amide bonds. The Morgan fingerprint density at radius 3 is 2.50 bits per heavy atom. The molecule has 0 aliphatic carbocycles. The van der Waals surface area contributed by atoms with Gasteiger partial charge >= 0.3 is 0 Å². The Kier molecular flexibility index (Phi) is 5.21. The first kappa shape index (κ1) is 13.6. The van der Waals surface area contributed by atoms with Crippen LogP contribution in [0.4, 0.5) is 0 Å². The molecule has 100 valence electrons. The molecule has 0 bridgehead atoms. The van der Waals surface area contributed by atoms with Gasteiger partial charge in [-0.1, -0.05) is 42.7 Å². The van der Waals surface area contributed by atoms with Crippen LogP contribution in [0.1, 0.15) is 42.7 Å². The number of nitrogens with zero attached hydrogens (tertiary/aromatic N) is 1. The SMILES string of the molecule is Cc1cccc(C(CN)CN2CCCCCC2)c1. The van der Waals surface area contributed by atoms with Crippen molar-refractivity contribution in [1.29, 1.82) is 0 Å². The number of hydrogen-bond donors (Lipinski definition) is 1. The third-order valence-corrected chi connectivity index (χ3v) is 3.98. The Bertz CT molecular complexity index is 354. The lowest BCUT2D eigenvalue weighted by Crippen LogP contribution is -2.32. The molecular weight excluding hydrogens is 220 g/mol. The highest BCUT2D eigenvalue weighted by molar-refractivity contribution is 5.26. The van der Waals surface area contributed by atoms with E-state index >= 15 is 0 Å². The third kappa shape index (κ3) is 3.82. The normalized spacial score (nSPS) is 19.4. The number of nitrogens with two attached hydrogens (primary N) is 1. The summed E-state index contributed by atoms with van der Waals surface area (Å²) in [6.45, 7) is 6.54. The number of aryl methyl sites for hydroxylation is 1. The Morgan fingerprint density at radius 2 is 1.89 bits per heavy atom. The fraction of sp³-hybridized carbons (Fsp3) is 0.625. The third-order valence-electron chi connectivity index (χ3n) is 3.98. The smallest absolute Gasteiger partial charge is 0.00889 e. The summed E-state index contributed by atoms with van der Waals surface area (Å²) >= 11 is 0. The summed E-state index contributed by atoms with van der Waals surface area (Å²) in [5.41, 5.74) is 8.72. The van der Waals surface area contributed by atoms with Crippen LogP contribution in [0.25, 0.3) is 0 Å². The van der Waals surface area contributed by atoms with Crippen molar-refractivity contribution in [2.45, 2.75) is 38.5 Å². The molecule has 1 aliphatic rings. The van der Waals surface area contributed by atoms with Crippen LogP contribution in [0.5, 0.6) is 0 Å². The fourth-order valence-electron chi connectivity index (χ4n) is 2.87. The lowest BCUT2D eigenvalue weighted by molar-refractivity contribution is 0.267. The van der Waals surface area contributed by atoms with Gasteiger partial charge in [-0.25, -0.2) is 0 Å². The minimum atomic E-state index is 0.489. The highest BCUT2D eigenvalue weighted by Crippen LogP contribution is 2.19. The summed E-state index contributed by atoms with van der Waals surface area (Å²) in [6, 6.07) is 8.82. The van der Waals surface area contributed by atoms with Crippen LogP contribution in [-0.4, -0.2) is 31.1 Å². The molecule has 1 saturated heterocycles. The van der Waals surface area contributed by atoms with Crippen molar-refractivity contribution in [1.82, 2.24) is 4.90 Å². The van der Waals surface area contributed by atoms with Crippen molar-refractivity contribution in [3.8, 4) is 0 Å². The molecule has 2 heteroatoms. The first-order valence-corrected chi connectivity index (χ1v) is 7.28. The zero-order chi connectivity index (χ0) is 12.8. The zero-order valence-electron chi connectivity index (χ0n) is 11.6. The zero-order valence-corrected chi connectivity index (χ0v) is 11.6. The minimum absolute atomic E-state index is 0.489. The Hall–Kier alpha value is -0.860. The Labute approximate surface area is 111 Å². The van der Waals surface area contributed by atoms with Gasteiger partial charge in [0.2, 0.25) is 0 Å². The molecule has 0 spiro atoms. The first-order valence-electron chi connectivity index (χ1n) is 7.28. The Balaban J connectivity index is 1.99. The molecule has 1 aliphatic heterocycles. The number of benzene rings is 1. The summed E-state index contributed by atoms with van der Waals surface area (Å²) in [4.78, 5) is 2.60. The van der Waals surface area contributed by atoms with E-state index in [1.807, 2.05) is 0 Å². The summed E-state index contributed by atoms with van der Waals surface area (Å²) in [5, 5.41) is 0. The van der Waals surface area contributed by atoms with Crippen molar-refractivity contribution in [3.05, 3.63) is 35.4 Å². The highest BCUT2D eigenvalue weighted by atomic mass is 15.1. The largest absolute Gasteiger partial charge is 0.330 e. The minimum Gasteiger partial charge on any atom is -0.330 e. The summed E-state index contributed by atoms with van der Waals surface area (Å²) < 4.78 is 0. The van der Waals surface area contributed by atoms with E-state index in [0.29, 0.717) is 5.92 Å². The molecule has 18 heavy (non-hydrogen) atoms. The molecule has 0 radical (unpaired) electrons. The van der Waals surface area contributed by atoms with Gasteiger partial charge < -0.3 is 10.6 Å². The Morgan fingerprint density at radius 1 is 1.17 bits per heavy atom. The van der Waals surface area contributed by atoms with E-state index in [1.54, 1.807) is 0 Å². The predicted octanol–water partition coefficient (Wildman–Crippen LogP) is 2.91. The van der Waals surface area contributed by atoms with Gasteiger partial charge in [-0.15, -0.1) is 0 Å². The average molecular weight is 246 g/mol. The molecule has 2 N–H and O–H groups in total. The molecular formula is C16H26N2. The van der Waals surface area contributed by atoms with Gasteiger partial charge in [-0.2, -0.15) is 0 Å². The van der Waals surface area contributed by atoms with E-state index in [9.17, 15) is 0 Å². The van der Waals surface area contributed by atoms with E-state index in [0.717, 1.165) is 13.1 Å². The van der Waals surface area contributed by atoms with Gasteiger partial charge in [0.25, 0.3) is 0 Å². The molecule has 1 heterocycles. The van der Waals surface area contributed by atoms with E-state index in [-0.39, 0.29) is 0 Å². The summed E-state index contributed by atoms with van der Waals surface area (Å²) in [5.74, 6) is 0.489. The second kappa shape index (κ2) is 6.91. The van der Waals surface area contributed by atoms with Gasteiger partial charge in [0, 0.05) is 19.0 Å². The van der Waals surface area contributed by atoms with E-state index in [2.05, 4.69) is 36.1 Å². The molecule has 1 fully saturated rings. The van der Waals surface area contributed by atoms with Crippen LogP contribution in [0.2, 0.25) is 0 Å². The molecule has 1 aromatic carbocycles. The van der Waals surface area contributed by atoms with Gasteiger partial charge in [0.15, 0.2) is 0 Å². The number of hydrogen-bond acceptors (Lipinski definition) is 2. The van der Waals surface area contributed by atoms with Gasteiger partial charge in [-0.3, -0.25) is 0 Å². The van der Waals surface area contributed by atoms with Gasteiger partial charge in [0.1, 0.15) is 0 Å². The maximum atomic E-state index is 5.98. The van der Waals surface area contributed by atoms with Crippen molar-refractivity contribution in [2.24, 2.45) is 5.73 Å². The van der Waals surface area contributed by atoms with Crippen LogP contribution in [-0.2, 0) is 0 Å². The fourth-order valence-corrected chi connectivity index (χ4v) is 2.87. The lowest BCUT2D eigenvalue weighted by Gasteiger charge is -2.26. The standard InChI is InChI=1S/C16H26N2/c1-14-7-6-8-15(11-14)16(12-17)13-18-9-4-2-3-5-10-18/h6-8,11,16H,2-5,9-10,12-13,17H2,1H3. The van der Waals surface area contributed by atoms with Crippen LogP contribution in [0, 0.1) is 6.92 Å². The molecule has 1 atom stereocenters. The second-order valence-corrected chi connectivity index (χ2v) is 5.56. The highest BCUT2D eigenvalue weighted by Gasteiger charge is 2.16. The van der Waals surface area contributed by atoms with Gasteiger partial charge in [-0.05, 0) is 38.4 Å². The van der Waals surface area contributed by atoms with E-state index < -0.39 is 0 Å². The monoisotopic (exact) mass is 246 g/mol. The van der Waals surface area contributed by atoms with Crippen LogP contribution in [0.3, 0.4) is 0 Å². The summed E-state index contributed by atoms with van der Waals surface area (Å²) in [7, 11) is 0. The van der Waals surface area contributed by atoms with Crippen molar-refractivity contribution in [3.63, 3.8) is 0 Å². The quantitative estimate of drug-likeness (QED) is 0.885. The maximum Gasteiger partial charge on any atom is 0.00889 e. The molecule has 0 saturated carbocycles. The second-order valence-electron chi connectivity index (χ2n) is 5.56. The topological polar surface area (TPSA) is 29.3 Å². The molecule has 0 aromatic heterocycles. The average Bonchev–Trinajstić information content (AvgIpc) is 2.64. The van der Waals surface area contributed by atoms with E-state index in [1.165, 1.54) is 49.9 Å². The maximum absolute atomic E-state index is 5.98. The molecule has 1 unspecified atom stereocenters. The number of rotatable bonds is 4. The van der Waals surface area contributed by atoms with Crippen molar-refractivity contribution >= 4 is 0 Å². The van der Waals surface area contributed by atoms with Crippen LogP contribution >= 0.6 is 0 Å². The van der Waals surface area contributed by atoms with Crippen LogP contribution in [0.15, 0.2) is 24.3 Å². The number of likely N-dealkylation sites (tertiary alicyclic amines) is 1. The van der Waals surface area contributed by atoms with Crippen molar-refractivity contribution in [2.75, 3.05) is 26.2 Å².